The number of rotatable bonds is 4. The Bertz CT molecular complexity index is 788. The molecule has 1 aromatic heterocycles. The van der Waals surface area contributed by atoms with E-state index < -0.39 is 10.0 Å². The van der Waals surface area contributed by atoms with E-state index in [1.807, 2.05) is 0 Å². The van der Waals surface area contributed by atoms with Gasteiger partial charge in [-0.25, -0.2) is 13.4 Å². The normalized spacial score (nSPS) is 11.0. The monoisotopic (exact) mass is 341 g/mol. The first-order chi connectivity index (χ1) is 10.3. The van der Waals surface area contributed by atoms with Crippen LogP contribution in [0.3, 0.4) is 0 Å². The maximum atomic E-state index is 12.2. The molecule has 0 aliphatic heterocycles. The summed E-state index contributed by atoms with van der Waals surface area (Å²) in [6, 6.07) is 6.87. The molecule has 0 aliphatic rings. The molecule has 0 saturated heterocycles. The van der Waals surface area contributed by atoms with Crippen molar-refractivity contribution in [2.75, 3.05) is 15.8 Å². The zero-order valence-electron chi connectivity index (χ0n) is 11.4. The van der Waals surface area contributed by atoms with Crippen molar-refractivity contribution >= 4 is 45.0 Å². The van der Waals surface area contributed by atoms with Crippen LogP contribution in [-0.4, -0.2) is 24.3 Å². The van der Waals surface area contributed by atoms with Crippen LogP contribution in [0.5, 0.6) is 0 Å². The van der Waals surface area contributed by atoms with E-state index in [0.717, 1.165) is 0 Å². The molecule has 0 bridgehead atoms. The lowest BCUT2D eigenvalue weighted by Gasteiger charge is -2.09. The average molecular weight is 342 g/mol. The highest BCUT2D eigenvalue weighted by atomic mass is 35.5. The second kappa shape index (κ2) is 6.16. The molecule has 1 heterocycles. The number of nitrogens with two attached hydrogens (primary N) is 1. The van der Waals surface area contributed by atoms with Crippen molar-refractivity contribution in [2.24, 2.45) is 0 Å². The van der Waals surface area contributed by atoms with Crippen molar-refractivity contribution < 1.29 is 13.2 Å². The molecular formula is C12H12ClN5O3S. The zero-order valence-corrected chi connectivity index (χ0v) is 12.9. The van der Waals surface area contributed by atoms with E-state index in [1.54, 1.807) is 0 Å². The topological polar surface area (TPSA) is 127 Å². The molecule has 0 spiro atoms. The van der Waals surface area contributed by atoms with Gasteiger partial charge in [-0.1, -0.05) is 11.6 Å². The Morgan fingerprint density at radius 2 is 1.86 bits per heavy atom. The van der Waals surface area contributed by atoms with Crippen molar-refractivity contribution in [1.82, 2.24) is 9.97 Å². The summed E-state index contributed by atoms with van der Waals surface area (Å²) in [5.41, 5.74) is 5.89. The Balaban J connectivity index is 2.24. The number of nitrogens with one attached hydrogen (secondary N) is 2. The Morgan fingerprint density at radius 1 is 1.23 bits per heavy atom. The molecule has 0 atom stereocenters. The van der Waals surface area contributed by atoms with Crippen molar-refractivity contribution in [1.29, 1.82) is 0 Å². The number of nitrogens with zero attached hydrogens (tertiary/aromatic N) is 2. The van der Waals surface area contributed by atoms with Gasteiger partial charge in [0.15, 0.2) is 0 Å². The predicted octanol–water partition coefficient (Wildman–Crippen LogP) is 1.47. The quantitative estimate of drug-likeness (QED) is 0.722. The molecule has 0 fully saturated rings. The van der Waals surface area contributed by atoms with Crippen molar-refractivity contribution in [3.8, 4) is 0 Å². The van der Waals surface area contributed by atoms with Gasteiger partial charge in [-0.15, -0.1) is 0 Å². The summed E-state index contributed by atoms with van der Waals surface area (Å²) in [5, 5.41) is 2.56. The largest absolute Gasteiger partial charge is 0.368 e. The summed E-state index contributed by atoms with van der Waals surface area (Å²) in [4.78, 5) is 18.3. The molecule has 22 heavy (non-hydrogen) atoms. The Kier molecular flexibility index (Phi) is 4.48. The number of hydrogen-bond acceptors (Lipinski definition) is 6. The second-order valence-electron chi connectivity index (χ2n) is 4.25. The molecule has 2 aromatic rings. The number of benzene rings is 1. The van der Waals surface area contributed by atoms with Crippen LogP contribution in [0.15, 0.2) is 35.2 Å². The van der Waals surface area contributed by atoms with Crippen LogP contribution in [0.4, 0.5) is 17.5 Å². The van der Waals surface area contributed by atoms with Crippen LogP contribution in [-0.2, 0) is 14.8 Å². The Morgan fingerprint density at radius 3 is 2.41 bits per heavy atom. The van der Waals surface area contributed by atoms with E-state index in [0.29, 0.717) is 5.69 Å². The zero-order chi connectivity index (χ0) is 16.3. The molecule has 10 heteroatoms. The van der Waals surface area contributed by atoms with E-state index in [9.17, 15) is 13.2 Å². The molecule has 1 amide bonds. The summed E-state index contributed by atoms with van der Waals surface area (Å²) in [6.45, 7) is 1.36. The fourth-order valence-corrected chi connectivity index (χ4v) is 2.79. The third kappa shape index (κ3) is 4.06. The SMILES string of the molecule is CC(=O)Nc1ccc(S(=O)(=O)Nc2cc(Cl)nc(N)n2)cc1. The lowest BCUT2D eigenvalue weighted by atomic mass is 10.3. The molecule has 0 unspecified atom stereocenters. The molecule has 0 radical (unpaired) electrons. The van der Waals surface area contributed by atoms with Gasteiger partial charge in [-0.2, -0.15) is 4.98 Å². The number of hydrogen-bond donors (Lipinski definition) is 3. The molecule has 0 saturated carbocycles. The minimum Gasteiger partial charge on any atom is -0.368 e. The minimum atomic E-state index is -3.86. The van der Waals surface area contributed by atoms with Crippen molar-refractivity contribution in [2.45, 2.75) is 11.8 Å². The van der Waals surface area contributed by atoms with E-state index in [2.05, 4.69) is 20.0 Å². The number of halogens is 1. The first-order valence-electron chi connectivity index (χ1n) is 5.97. The van der Waals surface area contributed by atoms with Gasteiger partial charge < -0.3 is 11.1 Å². The van der Waals surface area contributed by atoms with Crippen LogP contribution < -0.4 is 15.8 Å². The molecule has 0 aliphatic carbocycles. The van der Waals surface area contributed by atoms with Crippen LogP contribution in [0.2, 0.25) is 5.15 Å². The first kappa shape index (κ1) is 16.0. The molecule has 4 N–H and O–H groups in total. The van der Waals surface area contributed by atoms with Crippen molar-refractivity contribution in [3.63, 3.8) is 0 Å². The predicted molar refractivity (Wildman–Crippen MR) is 83.0 cm³/mol. The molecule has 8 nitrogen and oxygen atoms in total. The molecular weight excluding hydrogens is 330 g/mol. The highest BCUT2D eigenvalue weighted by Gasteiger charge is 2.15. The fourth-order valence-electron chi connectivity index (χ4n) is 1.60. The van der Waals surface area contributed by atoms with Gasteiger partial charge in [0.05, 0.1) is 4.90 Å². The smallest absolute Gasteiger partial charge is 0.263 e. The minimum absolute atomic E-state index is 0.00471. The number of amides is 1. The van der Waals surface area contributed by atoms with Crippen LogP contribution >= 0.6 is 11.6 Å². The molecule has 1 aromatic carbocycles. The summed E-state index contributed by atoms with van der Waals surface area (Å²) in [5.74, 6) is -0.436. The number of carbonyl (C=O) groups excluding carboxylic acids is 1. The summed E-state index contributed by atoms with van der Waals surface area (Å²) in [7, 11) is -3.86. The maximum Gasteiger partial charge on any atom is 0.263 e. The van der Waals surface area contributed by atoms with Gasteiger partial charge in [0.2, 0.25) is 11.9 Å². The molecule has 116 valence electrons. The Hall–Kier alpha value is -2.39. The third-order valence-electron chi connectivity index (χ3n) is 2.44. The Labute approximate surface area is 131 Å². The standard InChI is InChI=1S/C12H12ClN5O3S/c1-7(19)15-8-2-4-9(5-3-8)22(20,21)18-11-6-10(13)16-12(14)17-11/h2-6H,1H3,(H,15,19)(H3,14,16,17,18). The highest BCUT2D eigenvalue weighted by Crippen LogP contribution is 2.19. The van der Waals surface area contributed by atoms with Gasteiger partial charge >= 0.3 is 0 Å². The fraction of sp³-hybridized carbons (Fsp3) is 0.0833. The van der Waals surface area contributed by atoms with Gasteiger partial charge in [-0.3, -0.25) is 9.52 Å². The van der Waals surface area contributed by atoms with Gasteiger partial charge in [0.25, 0.3) is 10.0 Å². The first-order valence-corrected chi connectivity index (χ1v) is 7.83. The van der Waals surface area contributed by atoms with Crippen LogP contribution in [0.1, 0.15) is 6.92 Å². The van der Waals surface area contributed by atoms with Crippen LogP contribution in [0.25, 0.3) is 0 Å². The van der Waals surface area contributed by atoms with E-state index in [-0.39, 0.29) is 27.7 Å². The summed E-state index contributed by atoms with van der Waals surface area (Å²) >= 11 is 5.69. The lowest BCUT2D eigenvalue weighted by Crippen LogP contribution is -2.15. The summed E-state index contributed by atoms with van der Waals surface area (Å²) in [6.07, 6.45) is 0. The van der Waals surface area contributed by atoms with E-state index in [1.165, 1.54) is 37.3 Å². The number of sulfonamides is 1. The average Bonchev–Trinajstić information content (AvgIpc) is 2.36. The summed E-state index contributed by atoms with van der Waals surface area (Å²) < 4.78 is 26.7. The van der Waals surface area contributed by atoms with Gasteiger partial charge in [-0.05, 0) is 24.3 Å². The number of anilines is 3. The van der Waals surface area contributed by atoms with Gasteiger partial charge in [0.1, 0.15) is 11.0 Å². The van der Waals surface area contributed by atoms with E-state index in [4.69, 9.17) is 17.3 Å². The maximum absolute atomic E-state index is 12.2. The third-order valence-corrected chi connectivity index (χ3v) is 4.00. The number of aromatic nitrogens is 2. The number of carbonyl (C=O) groups is 1. The lowest BCUT2D eigenvalue weighted by molar-refractivity contribution is -0.114. The van der Waals surface area contributed by atoms with E-state index >= 15 is 0 Å². The van der Waals surface area contributed by atoms with Gasteiger partial charge in [0, 0.05) is 18.7 Å². The molecule has 2 rings (SSSR count). The second-order valence-corrected chi connectivity index (χ2v) is 6.31. The number of nitrogen functional groups attached to an aromatic ring is 1. The van der Waals surface area contributed by atoms with Crippen molar-refractivity contribution in [3.05, 3.63) is 35.5 Å². The van der Waals surface area contributed by atoms with Crippen LogP contribution in [0, 0.1) is 0 Å². The highest BCUT2D eigenvalue weighted by molar-refractivity contribution is 7.92.